The lowest BCUT2D eigenvalue weighted by atomic mass is 10.2. The molecule has 0 aliphatic rings. The Kier molecular flexibility index (Phi) is 3.61. The smallest absolute Gasteiger partial charge is 0.166 e. The third-order valence-electron chi connectivity index (χ3n) is 2.26. The van der Waals surface area contributed by atoms with Crippen LogP contribution in [-0.2, 0) is 6.54 Å². The first-order valence-electron chi connectivity index (χ1n) is 4.74. The predicted octanol–water partition coefficient (Wildman–Crippen LogP) is 3.87. The Morgan fingerprint density at radius 3 is 2.50 bits per heavy atom. The number of benzene rings is 1. The number of aldehydes is 1. The number of hydrogen-bond donors (Lipinski definition) is 0. The second-order valence-electron chi connectivity index (χ2n) is 3.46. The second-order valence-corrected chi connectivity index (χ2v) is 5.29. The normalized spacial score (nSPS) is 10.4. The molecule has 0 N–H and O–H groups in total. The summed E-state index contributed by atoms with van der Waals surface area (Å²) in [6.45, 7) is 0.694. The van der Waals surface area contributed by atoms with Gasteiger partial charge in [-0.2, -0.15) is 0 Å². The molecule has 0 amide bonds. The van der Waals surface area contributed by atoms with Crippen LogP contribution in [-0.4, -0.2) is 10.9 Å². The molecule has 2 nitrogen and oxygen atoms in total. The van der Waals surface area contributed by atoms with Gasteiger partial charge in [0, 0.05) is 21.7 Å². The van der Waals surface area contributed by atoms with Crippen LogP contribution in [0.1, 0.15) is 16.1 Å². The Balaban J connectivity index is 2.30. The van der Waals surface area contributed by atoms with Crippen molar-refractivity contribution in [3.8, 4) is 0 Å². The molecular weight excluding hydrogens is 334 g/mol. The molecule has 0 unspecified atom stereocenters. The van der Waals surface area contributed by atoms with Gasteiger partial charge < -0.3 is 4.57 Å². The lowest BCUT2D eigenvalue weighted by Gasteiger charge is -2.06. The lowest BCUT2D eigenvalue weighted by molar-refractivity contribution is 0.111. The van der Waals surface area contributed by atoms with Crippen molar-refractivity contribution in [1.29, 1.82) is 0 Å². The van der Waals surface area contributed by atoms with Crippen molar-refractivity contribution >= 4 is 38.1 Å². The minimum atomic E-state index is 0.691. The number of carbonyl (C=O) groups excluding carboxylic acids is 1. The average Bonchev–Trinajstić information content (AvgIpc) is 2.63. The van der Waals surface area contributed by atoms with Crippen LogP contribution in [0, 0.1) is 0 Å². The quantitative estimate of drug-likeness (QED) is 0.776. The van der Waals surface area contributed by atoms with Crippen molar-refractivity contribution in [3.05, 3.63) is 56.7 Å². The first-order chi connectivity index (χ1) is 7.69. The molecule has 0 radical (unpaired) electrons. The van der Waals surface area contributed by atoms with Crippen LogP contribution in [0.4, 0.5) is 0 Å². The number of aromatic nitrogens is 1. The van der Waals surface area contributed by atoms with Gasteiger partial charge in [-0.25, -0.2) is 0 Å². The summed E-state index contributed by atoms with van der Waals surface area (Å²) in [6, 6.07) is 9.75. The van der Waals surface area contributed by atoms with Gasteiger partial charge in [-0.15, -0.1) is 0 Å². The molecule has 16 heavy (non-hydrogen) atoms. The maximum atomic E-state index is 10.8. The van der Waals surface area contributed by atoms with Crippen LogP contribution >= 0.6 is 31.9 Å². The van der Waals surface area contributed by atoms with E-state index in [1.54, 1.807) is 6.07 Å². The van der Waals surface area contributed by atoms with E-state index in [4.69, 9.17) is 0 Å². The summed E-state index contributed by atoms with van der Waals surface area (Å²) in [6.07, 6.45) is 2.77. The van der Waals surface area contributed by atoms with E-state index in [1.807, 2.05) is 35.0 Å². The summed E-state index contributed by atoms with van der Waals surface area (Å²) in [7, 11) is 0. The first-order valence-corrected chi connectivity index (χ1v) is 6.33. The summed E-state index contributed by atoms with van der Waals surface area (Å²) < 4.78 is 3.97. The second kappa shape index (κ2) is 4.97. The van der Waals surface area contributed by atoms with Gasteiger partial charge in [-0.3, -0.25) is 4.79 Å². The Morgan fingerprint density at radius 2 is 1.88 bits per heavy atom. The summed E-state index contributed by atoms with van der Waals surface area (Å²) in [5.74, 6) is 0. The molecule has 2 aromatic rings. The third-order valence-corrected chi connectivity index (χ3v) is 3.18. The Morgan fingerprint density at radius 1 is 1.19 bits per heavy atom. The molecule has 0 saturated heterocycles. The zero-order valence-corrected chi connectivity index (χ0v) is 11.5. The fourth-order valence-electron chi connectivity index (χ4n) is 1.58. The number of carbonyl (C=O) groups is 1. The molecule has 1 aromatic carbocycles. The van der Waals surface area contributed by atoms with Gasteiger partial charge in [0.1, 0.15) is 0 Å². The summed E-state index contributed by atoms with van der Waals surface area (Å²) in [5.41, 5.74) is 1.83. The standard InChI is InChI=1S/C12H9Br2NO/c13-10-4-9(5-11(14)6-10)7-15-3-1-2-12(15)8-16/h1-6,8H,7H2. The average molecular weight is 343 g/mol. The summed E-state index contributed by atoms with van der Waals surface area (Å²) in [4.78, 5) is 10.8. The van der Waals surface area contributed by atoms with E-state index in [-0.39, 0.29) is 0 Å². The highest BCUT2D eigenvalue weighted by Gasteiger charge is 2.02. The van der Waals surface area contributed by atoms with E-state index < -0.39 is 0 Å². The minimum Gasteiger partial charge on any atom is -0.341 e. The zero-order valence-electron chi connectivity index (χ0n) is 8.36. The highest BCUT2D eigenvalue weighted by atomic mass is 79.9. The van der Waals surface area contributed by atoms with Gasteiger partial charge in [0.05, 0.1) is 5.69 Å². The van der Waals surface area contributed by atoms with E-state index in [0.717, 1.165) is 20.8 Å². The fraction of sp³-hybridized carbons (Fsp3) is 0.0833. The number of halogens is 2. The van der Waals surface area contributed by atoms with Crippen molar-refractivity contribution < 1.29 is 4.79 Å². The number of hydrogen-bond acceptors (Lipinski definition) is 1. The van der Waals surface area contributed by atoms with Gasteiger partial charge >= 0.3 is 0 Å². The van der Waals surface area contributed by atoms with E-state index in [2.05, 4.69) is 31.9 Å². The molecule has 82 valence electrons. The Hall–Kier alpha value is -0.870. The van der Waals surface area contributed by atoms with Gasteiger partial charge in [0.25, 0.3) is 0 Å². The van der Waals surface area contributed by atoms with Crippen LogP contribution in [0.5, 0.6) is 0 Å². The molecule has 0 spiro atoms. The van der Waals surface area contributed by atoms with Crippen LogP contribution < -0.4 is 0 Å². The first kappa shape index (κ1) is 11.6. The topological polar surface area (TPSA) is 22.0 Å². The van der Waals surface area contributed by atoms with Crippen LogP contribution in [0.25, 0.3) is 0 Å². The molecule has 0 atom stereocenters. The third kappa shape index (κ3) is 2.62. The fourth-order valence-corrected chi connectivity index (χ4v) is 2.97. The molecule has 0 bridgehead atoms. The SMILES string of the molecule is O=Cc1cccn1Cc1cc(Br)cc(Br)c1. The number of nitrogens with zero attached hydrogens (tertiary/aromatic N) is 1. The molecule has 0 aliphatic carbocycles. The highest BCUT2D eigenvalue weighted by molar-refractivity contribution is 9.11. The molecule has 1 aromatic heterocycles. The van der Waals surface area contributed by atoms with E-state index in [9.17, 15) is 4.79 Å². The Labute approximate surface area is 111 Å². The van der Waals surface area contributed by atoms with Gasteiger partial charge in [0.15, 0.2) is 6.29 Å². The van der Waals surface area contributed by atoms with E-state index in [0.29, 0.717) is 12.2 Å². The zero-order chi connectivity index (χ0) is 11.5. The van der Waals surface area contributed by atoms with Gasteiger partial charge in [-0.1, -0.05) is 31.9 Å². The van der Waals surface area contributed by atoms with Crippen molar-refractivity contribution in [1.82, 2.24) is 4.57 Å². The maximum absolute atomic E-state index is 10.8. The van der Waals surface area contributed by atoms with Crippen LogP contribution in [0.15, 0.2) is 45.5 Å². The molecule has 2 rings (SSSR count). The summed E-state index contributed by atoms with van der Waals surface area (Å²) in [5, 5.41) is 0. The summed E-state index contributed by atoms with van der Waals surface area (Å²) >= 11 is 6.89. The molecule has 1 heterocycles. The monoisotopic (exact) mass is 341 g/mol. The van der Waals surface area contributed by atoms with Crippen molar-refractivity contribution in [2.75, 3.05) is 0 Å². The molecule has 0 saturated carbocycles. The van der Waals surface area contributed by atoms with Crippen molar-refractivity contribution in [2.24, 2.45) is 0 Å². The van der Waals surface area contributed by atoms with Crippen LogP contribution in [0.2, 0.25) is 0 Å². The van der Waals surface area contributed by atoms with Crippen LogP contribution in [0.3, 0.4) is 0 Å². The number of rotatable bonds is 3. The molecule has 0 aliphatic heterocycles. The molecule has 0 fully saturated rings. The van der Waals surface area contributed by atoms with Gasteiger partial charge in [-0.05, 0) is 35.9 Å². The predicted molar refractivity (Wildman–Crippen MR) is 70.8 cm³/mol. The van der Waals surface area contributed by atoms with Crippen molar-refractivity contribution in [2.45, 2.75) is 6.54 Å². The largest absolute Gasteiger partial charge is 0.341 e. The lowest BCUT2D eigenvalue weighted by Crippen LogP contribution is -2.02. The van der Waals surface area contributed by atoms with Gasteiger partial charge in [0.2, 0.25) is 0 Å². The minimum absolute atomic E-state index is 0.691. The van der Waals surface area contributed by atoms with E-state index in [1.165, 1.54) is 0 Å². The molecule has 4 heteroatoms. The van der Waals surface area contributed by atoms with E-state index >= 15 is 0 Å². The highest BCUT2D eigenvalue weighted by Crippen LogP contribution is 2.21. The Bertz CT molecular complexity index is 499. The maximum Gasteiger partial charge on any atom is 0.166 e. The molecular formula is C12H9Br2NO. The van der Waals surface area contributed by atoms with Crippen molar-refractivity contribution in [3.63, 3.8) is 0 Å².